The number of esters is 1. The van der Waals surface area contributed by atoms with Crippen LogP contribution in [0.3, 0.4) is 0 Å². The Morgan fingerprint density at radius 1 is 1.00 bits per heavy atom. The third kappa shape index (κ3) is 6.03. The molecule has 0 radical (unpaired) electrons. The van der Waals surface area contributed by atoms with Crippen molar-refractivity contribution >= 4 is 28.6 Å². The van der Waals surface area contributed by atoms with Gasteiger partial charge in [0.1, 0.15) is 23.3 Å². The Morgan fingerprint density at radius 2 is 1.79 bits per heavy atom. The van der Waals surface area contributed by atoms with Crippen LogP contribution in [0.2, 0.25) is 5.02 Å². The summed E-state index contributed by atoms with van der Waals surface area (Å²) in [5.74, 6) is -3.11. The van der Waals surface area contributed by atoms with Gasteiger partial charge in [-0.15, -0.1) is 0 Å². The molecule has 0 N–H and O–H groups in total. The fourth-order valence-electron chi connectivity index (χ4n) is 5.80. The Balaban J connectivity index is 0.00000190. The van der Waals surface area contributed by atoms with Gasteiger partial charge in [0.05, 0.1) is 41.9 Å². The highest BCUT2D eigenvalue weighted by molar-refractivity contribution is 6.30. The van der Waals surface area contributed by atoms with Gasteiger partial charge in [-0.05, 0) is 66.6 Å². The number of halogens is 4. The minimum atomic E-state index is -1.56. The second kappa shape index (κ2) is 12.9. The number of rotatable bonds is 7. The van der Waals surface area contributed by atoms with Gasteiger partial charge >= 0.3 is 5.97 Å². The first-order valence-corrected chi connectivity index (χ1v) is 15.7. The van der Waals surface area contributed by atoms with Crippen molar-refractivity contribution in [2.24, 2.45) is 0 Å². The Bertz CT molecular complexity index is 1990. The average molecular weight is 665 g/mol. The molecule has 244 valence electrons. The highest BCUT2D eigenvalue weighted by atomic mass is 35.5. The Hall–Kier alpha value is -4.54. The third-order valence-corrected chi connectivity index (χ3v) is 8.44. The van der Waals surface area contributed by atoms with E-state index in [4.69, 9.17) is 35.5 Å². The third-order valence-electron chi connectivity index (χ3n) is 8.20. The summed E-state index contributed by atoms with van der Waals surface area (Å²) >= 11 is 5.92. The lowest BCUT2D eigenvalue weighted by Crippen LogP contribution is -2.32. The van der Waals surface area contributed by atoms with Gasteiger partial charge in [-0.25, -0.2) is 22.9 Å². The fourth-order valence-corrected chi connectivity index (χ4v) is 5.95. The number of para-hydroxylation sites is 1. The van der Waals surface area contributed by atoms with E-state index in [9.17, 15) is 9.18 Å². The van der Waals surface area contributed by atoms with Crippen molar-refractivity contribution in [1.29, 1.82) is 0 Å². The van der Waals surface area contributed by atoms with Crippen molar-refractivity contribution in [2.45, 2.75) is 52.0 Å². The number of hydrogen-bond donors (Lipinski definition) is 0. The molecule has 0 amide bonds. The van der Waals surface area contributed by atoms with Gasteiger partial charge in [0.2, 0.25) is 0 Å². The maximum absolute atomic E-state index is 15.8. The number of fused-ring (bicyclic) bond motifs is 2. The van der Waals surface area contributed by atoms with Gasteiger partial charge < -0.3 is 23.5 Å². The Kier molecular flexibility index (Phi) is 8.91. The van der Waals surface area contributed by atoms with Crippen molar-refractivity contribution in [3.63, 3.8) is 0 Å². The molecule has 2 aliphatic heterocycles. The van der Waals surface area contributed by atoms with E-state index in [0.717, 1.165) is 24.6 Å². The molecule has 1 saturated heterocycles. The molecular formula is C36H32ClF3N2O5. The molecule has 2 unspecified atom stereocenters. The lowest BCUT2D eigenvalue weighted by atomic mass is 10.00. The first kappa shape index (κ1) is 32.4. The predicted octanol–water partition coefficient (Wildman–Crippen LogP) is 8.61. The molecule has 7 nitrogen and oxygen atoms in total. The number of imidazole rings is 1. The molecule has 7 rings (SSSR count). The van der Waals surface area contributed by atoms with Gasteiger partial charge in [-0.1, -0.05) is 37.6 Å². The zero-order valence-electron chi connectivity index (χ0n) is 26.2. The molecule has 0 spiro atoms. The molecule has 1 fully saturated rings. The predicted molar refractivity (Wildman–Crippen MR) is 171 cm³/mol. The zero-order valence-corrected chi connectivity index (χ0v) is 27.0. The molecule has 47 heavy (non-hydrogen) atoms. The van der Waals surface area contributed by atoms with Crippen LogP contribution in [0.15, 0.2) is 66.7 Å². The van der Waals surface area contributed by atoms with Crippen LogP contribution in [0.4, 0.5) is 13.2 Å². The van der Waals surface area contributed by atoms with E-state index >= 15 is 8.78 Å². The standard InChI is InChI=1S/C34H26ClF3N2O5.C2H6/c1-34(24-8-7-20(35)15-27(24)38)44-30-5-3-4-22(32(30)45-34)23-16-25(36)19(12-26(23)37)14-31-39-28-9-6-18(33(41)42-2)13-29(28)40(31)17-21-10-11-43-21;1-2/h3-9,12-13,15-16,21H,10-11,14,17H2,1-2H3;1-2H3. The largest absolute Gasteiger partial charge is 0.465 e. The summed E-state index contributed by atoms with van der Waals surface area (Å²) in [5, 5.41) is 0.214. The molecular weight excluding hydrogens is 633 g/mol. The second-order valence-corrected chi connectivity index (χ2v) is 11.6. The fraction of sp³-hybridized carbons (Fsp3) is 0.278. The zero-order chi connectivity index (χ0) is 33.5. The highest BCUT2D eigenvalue weighted by Crippen LogP contribution is 2.50. The first-order chi connectivity index (χ1) is 22.6. The van der Waals surface area contributed by atoms with Crippen LogP contribution >= 0.6 is 11.6 Å². The lowest BCUT2D eigenvalue weighted by Gasteiger charge is -2.27. The van der Waals surface area contributed by atoms with Gasteiger partial charge in [0, 0.05) is 36.1 Å². The second-order valence-electron chi connectivity index (χ2n) is 11.1. The smallest absolute Gasteiger partial charge is 0.337 e. The van der Waals surface area contributed by atoms with E-state index in [-0.39, 0.29) is 51.3 Å². The number of aromatic nitrogens is 2. The molecule has 5 aromatic rings. The van der Waals surface area contributed by atoms with Crippen LogP contribution in [0.5, 0.6) is 11.5 Å². The van der Waals surface area contributed by atoms with Crippen molar-refractivity contribution in [1.82, 2.24) is 9.55 Å². The minimum Gasteiger partial charge on any atom is -0.465 e. The summed E-state index contributed by atoms with van der Waals surface area (Å²) < 4.78 is 70.9. The molecule has 0 saturated carbocycles. The Labute approximate surface area is 274 Å². The quantitative estimate of drug-likeness (QED) is 0.162. The highest BCUT2D eigenvalue weighted by Gasteiger charge is 2.42. The number of nitrogens with zero attached hydrogens (tertiary/aromatic N) is 2. The van der Waals surface area contributed by atoms with Crippen molar-refractivity contribution < 1.29 is 36.9 Å². The van der Waals surface area contributed by atoms with Crippen molar-refractivity contribution in [3.05, 3.63) is 112 Å². The number of benzene rings is 4. The number of carbonyl (C=O) groups is 1. The maximum atomic E-state index is 15.8. The van der Waals surface area contributed by atoms with Gasteiger partial charge in [-0.2, -0.15) is 0 Å². The number of methoxy groups -OCH3 is 1. The molecule has 0 bridgehead atoms. The van der Waals surface area contributed by atoms with Crippen LogP contribution in [-0.2, 0) is 28.2 Å². The van der Waals surface area contributed by atoms with E-state index in [2.05, 4.69) is 0 Å². The van der Waals surface area contributed by atoms with Gasteiger partial charge in [-0.3, -0.25) is 0 Å². The first-order valence-electron chi connectivity index (χ1n) is 15.3. The Morgan fingerprint density at radius 3 is 2.49 bits per heavy atom. The maximum Gasteiger partial charge on any atom is 0.337 e. The summed E-state index contributed by atoms with van der Waals surface area (Å²) in [5.41, 5.74) is 2.02. The summed E-state index contributed by atoms with van der Waals surface area (Å²) in [7, 11) is 1.30. The van der Waals surface area contributed by atoms with E-state index in [1.165, 1.54) is 26.2 Å². The summed E-state index contributed by atoms with van der Waals surface area (Å²) in [4.78, 5) is 16.9. The lowest BCUT2D eigenvalue weighted by molar-refractivity contribution is -0.0705. The molecule has 0 aliphatic carbocycles. The normalized spacial score (nSPS) is 18.0. The number of ether oxygens (including phenoxy) is 4. The van der Waals surface area contributed by atoms with Crippen molar-refractivity contribution in [3.8, 4) is 22.6 Å². The summed E-state index contributed by atoms with van der Waals surface area (Å²) in [6.07, 6.45) is 0.782. The van der Waals surface area contributed by atoms with E-state index in [0.29, 0.717) is 35.6 Å². The van der Waals surface area contributed by atoms with E-state index in [1.54, 1.807) is 36.4 Å². The molecule has 1 aromatic heterocycles. The molecule has 11 heteroatoms. The SMILES string of the molecule is CC.COC(=O)c1ccc2nc(Cc3cc(F)c(-c4cccc5c4OC(C)(c4ccc(Cl)cc4F)O5)cc3F)n(CC3CCO3)c2c1. The van der Waals surface area contributed by atoms with Crippen LogP contribution in [0.25, 0.3) is 22.2 Å². The number of carbonyl (C=O) groups excluding carboxylic acids is 1. The van der Waals surface area contributed by atoms with Gasteiger partial charge in [0.15, 0.2) is 11.5 Å². The van der Waals surface area contributed by atoms with E-state index < -0.39 is 29.2 Å². The minimum absolute atomic E-state index is 0.0155. The van der Waals surface area contributed by atoms with Gasteiger partial charge in [0.25, 0.3) is 5.79 Å². The molecule has 3 heterocycles. The van der Waals surface area contributed by atoms with Crippen LogP contribution in [0.1, 0.15) is 54.5 Å². The number of hydrogen-bond acceptors (Lipinski definition) is 6. The average Bonchev–Trinajstić information content (AvgIpc) is 3.57. The topological polar surface area (TPSA) is 71.8 Å². The van der Waals surface area contributed by atoms with Crippen molar-refractivity contribution in [2.75, 3.05) is 13.7 Å². The monoisotopic (exact) mass is 664 g/mol. The van der Waals surface area contributed by atoms with Crippen LogP contribution < -0.4 is 9.47 Å². The van der Waals surface area contributed by atoms with Crippen LogP contribution in [-0.4, -0.2) is 35.3 Å². The molecule has 4 aromatic carbocycles. The van der Waals surface area contributed by atoms with E-state index in [1.807, 2.05) is 18.4 Å². The summed E-state index contributed by atoms with van der Waals surface area (Å²) in [6.45, 7) is 6.63. The summed E-state index contributed by atoms with van der Waals surface area (Å²) in [6, 6.07) is 16.2. The molecule has 2 aliphatic rings. The van der Waals surface area contributed by atoms with Crippen LogP contribution in [0, 0.1) is 17.5 Å². The molecule has 2 atom stereocenters.